The average Bonchev–Trinajstić information content (AvgIpc) is 1.87. The Morgan fingerprint density at radius 3 is 2.00 bits per heavy atom. The van der Waals surface area contributed by atoms with Gasteiger partial charge in [0.2, 0.25) is 8.80 Å². The Kier molecular flexibility index (Phi) is 4.98. The van der Waals surface area contributed by atoms with Crippen LogP contribution in [0.2, 0.25) is 0 Å². The molecule has 0 heterocycles. The molecule has 0 aliphatic carbocycles. The second-order valence-corrected chi connectivity index (χ2v) is 5.50. The summed E-state index contributed by atoms with van der Waals surface area (Å²) in [5, 5.41) is 0.0388. The van der Waals surface area contributed by atoms with Crippen molar-refractivity contribution in [2.45, 2.75) is 20.8 Å². The number of carbonyl (C=O) groups excluding carboxylic acids is 2. The Hall–Kier alpha value is -0.483. The van der Waals surface area contributed by atoms with Crippen molar-refractivity contribution >= 4 is 19.6 Å². The van der Waals surface area contributed by atoms with Gasteiger partial charge in [0, 0.05) is 6.61 Å². The molecule has 0 atom stereocenters. The Balaban J connectivity index is 3.90. The highest BCUT2D eigenvalue weighted by molar-refractivity contribution is 7.10. The molecule has 11 heavy (non-hydrogen) atoms. The van der Waals surface area contributed by atoms with E-state index < -0.39 is 8.80 Å². The Bertz CT molecular complexity index is 142. The molecule has 4 heteroatoms. The smallest absolute Gasteiger partial charge is 0.219 e. The van der Waals surface area contributed by atoms with Gasteiger partial charge in [-0.15, -0.1) is 0 Å². The van der Waals surface area contributed by atoms with E-state index in [2.05, 4.69) is 0 Å². The van der Waals surface area contributed by atoms with Gasteiger partial charge in [0.05, 0.1) is 6.23 Å². The zero-order valence-electron chi connectivity index (χ0n) is 7.22. The van der Waals surface area contributed by atoms with Gasteiger partial charge in [-0.1, -0.05) is 0 Å². The summed E-state index contributed by atoms with van der Waals surface area (Å²) in [4.78, 5) is 21.7. The van der Waals surface area contributed by atoms with E-state index >= 15 is 0 Å². The van der Waals surface area contributed by atoms with Gasteiger partial charge >= 0.3 is 0 Å². The third kappa shape index (κ3) is 4.05. The van der Waals surface area contributed by atoms with Crippen LogP contribution in [0.1, 0.15) is 20.8 Å². The molecule has 0 spiro atoms. The molecule has 0 bridgehead atoms. The van der Waals surface area contributed by atoms with Crippen LogP contribution in [0.3, 0.4) is 0 Å². The van der Waals surface area contributed by atoms with Crippen molar-refractivity contribution in [2.24, 2.45) is 0 Å². The largest absolute Gasteiger partial charge is 0.384 e. The second-order valence-electron chi connectivity index (χ2n) is 2.43. The fraction of sp³-hybridized carbons (Fsp3) is 0.714. The van der Waals surface area contributed by atoms with Crippen molar-refractivity contribution in [2.75, 3.05) is 12.8 Å². The van der Waals surface area contributed by atoms with Crippen molar-refractivity contribution in [3.05, 3.63) is 0 Å². The first-order valence-corrected chi connectivity index (χ1v) is 5.65. The number of hydrogen-bond acceptors (Lipinski definition) is 3. The molecule has 0 aromatic rings. The maximum atomic E-state index is 10.9. The molecule has 0 fully saturated rings. The van der Waals surface area contributed by atoms with Gasteiger partial charge in [0.1, 0.15) is 10.8 Å². The Morgan fingerprint density at radius 1 is 1.27 bits per heavy atom. The minimum Gasteiger partial charge on any atom is -0.384 e. The van der Waals surface area contributed by atoms with E-state index in [0.29, 0.717) is 12.8 Å². The molecule has 0 N–H and O–H groups in total. The first-order chi connectivity index (χ1) is 5.09. The van der Waals surface area contributed by atoms with Crippen molar-refractivity contribution in [3.8, 4) is 0 Å². The first-order valence-electron chi connectivity index (χ1n) is 3.68. The lowest BCUT2D eigenvalue weighted by molar-refractivity contribution is -0.114. The van der Waals surface area contributed by atoms with E-state index in [1.54, 1.807) is 0 Å². The topological polar surface area (TPSA) is 43.4 Å². The van der Waals surface area contributed by atoms with Crippen molar-refractivity contribution in [1.82, 2.24) is 0 Å². The van der Waals surface area contributed by atoms with Crippen LogP contribution in [0.15, 0.2) is 0 Å². The molecule has 0 unspecified atom stereocenters. The predicted molar refractivity (Wildman–Crippen MR) is 45.0 cm³/mol. The SMILES string of the molecule is CCOC[SiH](C(C)=O)C(C)=O. The highest BCUT2D eigenvalue weighted by Crippen LogP contribution is 1.89. The molecule has 0 aliphatic heterocycles. The van der Waals surface area contributed by atoms with Crippen LogP contribution in [-0.4, -0.2) is 32.4 Å². The molecule has 0 aromatic heterocycles. The number of hydrogen-bond donors (Lipinski definition) is 0. The minimum absolute atomic E-state index is 0.0194. The molecule has 0 radical (unpaired) electrons. The molecular weight excluding hydrogens is 160 g/mol. The van der Waals surface area contributed by atoms with Gasteiger partial charge in [-0.05, 0) is 20.8 Å². The molecule has 3 nitrogen and oxygen atoms in total. The predicted octanol–water partition coefficient (Wildman–Crippen LogP) is 0.0456. The highest BCUT2D eigenvalue weighted by Gasteiger charge is 2.21. The Labute approximate surface area is 68.3 Å². The van der Waals surface area contributed by atoms with Crippen LogP contribution < -0.4 is 0 Å². The zero-order chi connectivity index (χ0) is 8.85. The molecule has 64 valence electrons. The normalized spacial score (nSPS) is 10.2. The number of carbonyl (C=O) groups is 2. The van der Waals surface area contributed by atoms with E-state index in [4.69, 9.17) is 4.74 Å². The van der Waals surface area contributed by atoms with Crippen LogP contribution in [0.25, 0.3) is 0 Å². The van der Waals surface area contributed by atoms with Gasteiger partial charge in [-0.2, -0.15) is 0 Å². The summed E-state index contributed by atoms with van der Waals surface area (Å²) in [6.45, 7) is 5.37. The van der Waals surface area contributed by atoms with Gasteiger partial charge in [-0.3, -0.25) is 0 Å². The number of rotatable bonds is 5. The molecule has 0 aromatic carbocycles. The monoisotopic (exact) mass is 174 g/mol. The molecule has 0 saturated heterocycles. The third-order valence-corrected chi connectivity index (χ3v) is 4.00. The molecular formula is C7H14O3Si. The lowest BCUT2D eigenvalue weighted by atomic mass is 10.9. The summed E-state index contributed by atoms with van der Waals surface area (Å²) in [7, 11) is -1.90. The van der Waals surface area contributed by atoms with Crippen LogP contribution in [0, 0.1) is 0 Å². The Morgan fingerprint density at radius 2 is 1.73 bits per heavy atom. The fourth-order valence-electron chi connectivity index (χ4n) is 0.757. The maximum absolute atomic E-state index is 10.9. The zero-order valence-corrected chi connectivity index (χ0v) is 8.37. The van der Waals surface area contributed by atoms with E-state index in [-0.39, 0.29) is 10.8 Å². The molecule has 0 saturated carbocycles. The minimum atomic E-state index is -1.90. The maximum Gasteiger partial charge on any atom is 0.219 e. The van der Waals surface area contributed by atoms with Gasteiger partial charge in [0.15, 0.2) is 0 Å². The van der Waals surface area contributed by atoms with Crippen molar-refractivity contribution in [1.29, 1.82) is 0 Å². The quantitative estimate of drug-likeness (QED) is 0.553. The average molecular weight is 174 g/mol. The summed E-state index contributed by atoms with van der Waals surface area (Å²) in [5.41, 5.74) is 0. The molecule has 0 aliphatic rings. The van der Waals surface area contributed by atoms with Gasteiger partial charge in [0.25, 0.3) is 0 Å². The summed E-state index contributed by atoms with van der Waals surface area (Å²) in [6, 6.07) is 0. The fourth-order valence-corrected chi connectivity index (χ4v) is 2.27. The lowest BCUT2D eigenvalue weighted by Crippen LogP contribution is -2.37. The van der Waals surface area contributed by atoms with Crippen LogP contribution >= 0.6 is 0 Å². The van der Waals surface area contributed by atoms with E-state index in [1.807, 2.05) is 6.92 Å². The summed E-state index contributed by atoms with van der Waals surface area (Å²) in [6.07, 6.45) is 0.362. The summed E-state index contributed by atoms with van der Waals surface area (Å²) >= 11 is 0. The lowest BCUT2D eigenvalue weighted by Gasteiger charge is -2.06. The van der Waals surface area contributed by atoms with Crippen molar-refractivity contribution in [3.63, 3.8) is 0 Å². The van der Waals surface area contributed by atoms with Crippen LogP contribution in [-0.2, 0) is 14.3 Å². The summed E-state index contributed by atoms with van der Waals surface area (Å²) in [5.74, 6) is 0. The van der Waals surface area contributed by atoms with Crippen molar-refractivity contribution < 1.29 is 14.3 Å². The summed E-state index contributed by atoms with van der Waals surface area (Å²) < 4.78 is 5.04. The van der Waals surface area contributed by atoms with Gasteiger partial charge < -0.3 is 14.3 Å². The standard InChI is InChI=1S/C7H14O3Si/c1-4-10-5-11(6(2)8)7(3)9/h11H,4-5H2,1-3H3. The number of ether oxygens (including phenoxy) is 1. The van der Waals surface area contributed by atoms with Crippen LogP contribution in [0.5, 0.6) is 0 Å². The van der Waals surface area contributed by atoms with E-state index in [0.717, 1.165) is 0 Å². The second kappa shape index (κ2) is 5.20. The third-order valence-electron chi connectivity index (χ3n) is 1.47. The van der Waals surface area contributed by atoms with E-state index in [9.17, 15) is 9.59 Å². The van der Waals surface area contributed by atoms with Gasteiger partial charge in [-0.25, -0.2) is 0 Å². The molecule has 0 amide bonds. The highest BCUT2D eigenvalue weighted by atomic mass is 28.3. The first kappa shape index (κ1) is 10.5. The molecule has 0 rings (SSSR count). The van der Waals surface area contributed by atoms with E-state index in [1.165, 1.54) is 13.8 Å². The van der Waals surface area contributed by atoms with Crippen LogP contribution in [0.4, 0.5) is 0 Å².